The topological polar surface area (TPSA) is 73.9 Å². The van der Waals surface area contributed by atoms with Gasteiger partial charge in [-0.25, -0.2) is 4.79 Å². The van der Waals surface area contributed by atoms with E-state index in [1.54, 1.807) is 48.5 Å². The van der Waals surface area contributed by atoms with Crippen molar-refractivity contribution in [2.45, 2.75) is 13.3 Å². The summed E-state index contributed by atoms with van der Waals surface area (Å²) in [4.78, 5) is 24.3. The molecule has 0 atom stereocenters. The summed E-state index contributed by atoms with van der Waals surface area (Å²) in [5.74, 6) is 0.830. The molecule has 31 heavy (non-hydrogen) atoms. The zero-order valence-electron chi connectivity index (χ0n) is 17.4. The molecule has 0 aromatic heterocycles. The fourth-order valence-corrected chi connectivity index (χ4v) is 2.71. The highest BCUT2D eigenvalue weighted by Crippen LogP contribution is 2.16. The Labute approximate surface area is 181 Å². The number of rotatable bonds is 10. The molecule has 0 aliphatic carbocycles. The first-order chi connectivity index (χ1) is 15.2. The summed E-state index contributed by atoms with van der Waals surface area (Å²) in [6.45, 7) is 3.14. The molecule has 160 valence electrons. The molecule has 0 bridgehead atoms. The average Bonchev–Trinajstić information content (AvgIpc) is 2.82. The van der Waals surface area contributed by atoms with E-state index >= 15 is 0 Å². The van der Waals surface area contributed by atoms with Gasteiger partial charge in [0.25, 0.3) is 5.91 Å². The van der Waals surface area contributed by atoms with E-state index in [0.717, 1.165) is 12.2 Å². The van der Waals surface area contributed by atoms with Gasteiger partial charge < -0.3 is 19.5 Å². The van der Waals surface area contributed by atoms with Crippen LogP contribution in [0.2, 0.25) is 0 Å². The fraction of sp³-hybridized carbons (Fsp3) is 0.200. The zero-order chi connectivity index (χ0) is 21.9. The Morgan fingerprint density at radius 3 is 1.90 bits per heavy atom. The molecule has 0 aliphatic rings. The highest BCUT2D eigenvalue weighted by atomic mass is 16.5. The van der Waals surface area contributed by atoms with Gasteiger partial charge in [-0.15, -0.1) is 0 Å². The van der Waals surface area contributed by atoms with Crippen molar-refractivity contribution in [2.75, 3.05) is 25.1 Å². The first-order valence-corrected chi connectivity index (χ1v) is 10.1. The molecule has 1 N–H and O–H groups in total. The number of anilines is 1. The van der Waals surface area contributed by atoms with Crippen molar-refractivity contribution in [3.63, 3.8) is 0 Å². The second-order valence-electron chi connectivity index (χ2n) is 6.70. The van der Waals surface area contributed by atoms with Crippen LogP contribution in [-0.4, -0.2) is 31.7 Å². The summed E-state index contributed by atoms with van der Waals surface area (Å²) in [7, 11) is 0. The standard InChI is InChI=1S/C25H25NO5/c1-2-16-31-25(28)20-8-12-21(13-9-20)26-24(27)19-10-14-23(15-11-19)30-18-17-29-22-6-4-3-5-7-22/h3-15H,2,16-18H2,1H3,(H,26,27). The predicted octanol–water partition coefficient (Wildman–Crippen LogP) is 4.96. The van der Waals surface area contributed by atoms with E-state index < -0.39 is 0 Å². The van der Waals surface area contributed by atoms with Gasteiger partial charge in [0, 0.05) is 11.3 Å². The van der Waals surface area contributed by atoms with E-state index in [-0.39, 0.29) is 11.9 Å². The van der Waals surface area contributed by atoms with Gasteiger partial charge in [0.2, 0.25) is 0 Å². The molecule has 0 unspecified atom stereocenters. The van der Waals surface area contributed by atoms with E-state index in [1.807, 2.05) is 37.3 Å². The van der Waals surface area contributed by atoms with Gasteiger partial charge in [-0.2, -0.15) is 0 Å². The third-order valence-corrected chi connectivity index (χ3v) is 4.30. The first kappa shape index (κ1) is 21.9. The molecule has 3 rings (SSSR count). The van der Waals surface area contributed by atoms with Crippen LogP contribution in [0.5, 0.6) is 11.5 Å². The van der Waals surface area contributed by atoms with Crippen molar-refractivity contribution in [3.05, 3.63) is 90.0 Å². The largest absolute Gasteiger partial charge is 0.490 e. The van der Waals surface area contributed by atoms with Crippen LogP contribution < -0.4 is 14.8 Å². The van der Waals surface area contributed by atoms with Crippen molar-refractivity contribution < 1.29 is 23.8 Å². The van der Waals surface area contributed by atoms with Crippen LogP contribution in [0.25, 0.3) is 0 Å². The number of para-hydroxylation sites is 1. The van der Waals surface area contributed by atoms with Crippen molar-refractivity contribution in [1.82, 2.24) is 0 Å². The monoisotopic (exact) mass is 419 g/mol. The number of ether oxygens (including phenoxy) is 3. The zero-order valence-corrected chi connectivity index (χ0v) is 17.4. The minimum absolute atomic E-state index is 0.250. The van der Waals surface area contributed by atoms with Crippen molar-refractivity contribution >= 4 is 17.6 Å². The normalized spacial score (nSPS) is 10.2. The van der Waals surface area contributed by atoms with Crippen molar-refractivity contribution in [2.24, 2.45) is 0 Å². The Kier molecular flexibility index (Phi) is 8.05. The Balaban J connectivity index is 1.45. The Hall–Kier alpha value is -3.80. The van der Waals surface area contributed by atoms with E-state index in [0.29, 0.717) is 42.4 Å². The highest BCUT2D eigenvalue weighted by molar-refractivity contribution is 6.04. The van der Waals surface area contributed by atoms with Crippen LogP contribution in [0.1, 0.15) is 34.1 Å². The number of carbonyl (C=O) groups excluding carboxylic acids is 2. The molecule has 0 saturated carbocycles. The molecule has 0 fully saturated rings. The minimum Gasteiger partial charge on any atom is -0.490 e. The van der Waals surface area contributed by atoms with Crippen LogP contribution in [0.4, 0.5) is 5.69 Å². The maximum atomic E-state index is 12.4. The summed E-state index contributed by atoms with van der Waals surface area (Å²) in [5, 5.41) is 2.81. The van der Waals surface area contributed by atoms with Crippen LogP contribution in [0.3, 0.4) is 0 Å². The molecular weight excluding hydrogens is 394 g/mol. The van der Waals surface area contributed by atoms with Gasteiger partial charge in [0.15, 0.2) is 0 Å². The van der Waals surface area contributed by atoms with E-state index in [4.69, 9.17) is 14.2 Å². The van der Waals surface area contributed by atoms with E-state index in [1.165, 1.54) is 0 Å². The molecule has 0 saturated heterocycles. The lowest BCUT2D eigenvalue weighted by Crippen LogP contribution is -2.12. The lowest BCUT2D eigenvalue weighted by molar-refractivity contribution is 0.0505. The third kappa shape index (κ3) is 6.89. The molecule has 0 aliphatic heterocycles. The number of amides is 1. The molecular formula is C25H25NO5. The summed E-state index contributed by atoms with van der Waals surface area (Å²) >= 11 is 0. The number of hydrogen-bond acceptors (Lipinski definition) is 5. The minimum atomic E-state index is -0.371. The highest BCUT2D eigenvalue weighted by Gasteiger charge is 2.09. The molecule has 3 aromatic rings. The third-order valence-electron chi connectivity index (χ3n) is 4.30. The maximum absolute atomic E-state index is 12.4. The molecule has 1 amide bonds. The Morgan fingerprint density at radius 1 is 0.710 bits per heavy atom. The van der Waals surface area contributed by atoms with Gasteiger partial charge in [-0.1, -0.05) is 25.1 Å². The SMILES string of the molecule is CCCOC(=O)c1ccc(NC(=O)c2ccc(OCCOc3ccccc3)cc2)cc1. The molecule has 6 heteroatoms. The van der Waals surface area contributed by atoms with Crippen molar-refractivity contribution in [3.8, 4) is 11.5 Å². The molecule has 0 spiro atoms. The van der Waals surface area contributed by atoms with Gasteiger partial charge in [0.05, 0.1) is 12.2 Å². The second-order valence-corrected chi connectivity index (χ2v) is 6.70. The average molecular weight is 419 g/mol. The Bertz CT molecular complexity index is 969. The van der Waals surface area contributed by atoms with Crippen LogP contribution >= 0.6 is 0 Å². The number of hydrogen-bond donors (Lipinski definition) is 1. The fourth-order valence-electron chi connectivity index (χ4n) is 2.71. The van der Waals surface area contributed by atoms with Gasteiger partial charge in [-0.3, -0.25) is 4.79 Å². The maximum Gasteiger partial charge on any atom is 0.338 e. The van der Waals surface area contributed by atoms with E-state index in [2.05, 4.69) is 5.32 Å². The smallest absolute Gasteiger partial charge is 0.338 e. The number of esters is 1. The number of carbonyl (C=O) groups is 2. The summed E-state index contributed by atoms with van der Waals surface area (Å²) in [5.41, 5.74) is 1.54. The molecule has 0 heterocycles. The molecule has 3 aromatic carbocycles. The van der Waals surface area contributed by atoms with Crippen LogP contribution in [0, 0.1) is 0 Å². The second kappa shape index (κ2) is 11.4. The quantitative estimate of drug-likeness (QED) is 0.371. The number of nitrogens with one attached hydrogen (secondary N) is 1. The summed E-state index contributed by atoms with van der Waals surface area (Å²) in [6.07, 6.45) is 0.769. The van der Waals surface area contributed by atoms with E-state index in [9.17, 15) is 9.59 Å². The Morgan fingerprint density at radius 2 is 1.29 bits per heavy atom. The lowest BCUT2D eigenvalue weighted by Gasteiger charge is -2.09. The predicted molar refractivity (Wildman–Crippen MR) is 119 cm³/mol. The van der Waals surface area contributed by atoms with Crippen LogP contribution in [-0.2, 0) is 4.74 Å². The first-order valence-electron chi connectivity index (χ1n) is 10.1. The van der Waals surface area contributed by atoms with Gasteiger partial charge in [0.1, 0.15) is 24.7 Å². The van der Waals surface area contributed by atoms with Gasteiger partial charge in [-0.05, 0) is 67.1 Å². The lowest BCUT2D eigenvalue weighted by atomic mass is 10.1. The van der Waals surface area contributed by atoms with Gasteiger partial charge >= 0.3 is 5.97 Å². The molecule has 0 radical (unpaired) electrons. The molecule has 6 nitrogen and oxygen atoms in total. The van der Waals surface area contributed by atoms with Crippen LogP contribution in [0.15, 0.2) is 78.9 Å². The summed E-state index contributed by atoms with van der Waals surface area (Å²) < 4.78 is 16.3. The summed E-state index contributed by atoms with van der Waals surface area (Å²) in [6, 6.07) is 23.0. The number of benzene rings is 3. The van der Waals surface area contributed by atoms with Crippen molar-refractivity contribution in [1.29, 1.82) is 0 Å².